The monoisotopic (exact) mass is 315 g/mol. The van der Waals surface area contributed by atoms with Crippen LogP contribution in [0.15, 0.2) is 35.6 Å². The minimum Gasteiger partial charge on any atom is -0.348 e. The van der Waals surface area contributed by atoms with Crippen molar-refractivity contribution in [3.63, 3.8) is 0 Å². The quantitative estimate of drug-likeness (QED) is 0.656. The third kappa shape index (κ3) is 4.31. The van der Waals surface area contributed by atoms with Crippen molar-refractivity contribution in [1.82, 2.24) is 15.3 Å². The Kier molecular flexibility index (Phi) is 5.95. The molecule has 2 rings (SSSR count). The minimum absolute atomic E-state index is 0.113. The van der Waals surface area contributed by atoms with Crippen molar-refractivity contribution in [2.45, 2.75) is 38.4 Å². The highest BCUT2D eigenvalue weighted by Gasteiger charge is 2.13. The summed E-state index contributed by atoms with van der Waals surface area (Å²) in [6, 6.07) is 8.11. The van der Waals surface area contributed by atoms with Crippen LogP contribution in [-0.4, -0.2) is 22.1 Å². The lowest BCUT2D eigenvalue weighted by Gasteiger charge is -2.10. The van der Waals surface area contributed by atoms with Gasteiger partial charge in [-0.3, -0.25) is 4.79 Å². The number of hydrogen-bond donors (Lipinski definition) is 1. The molecule has 5 heteroatoms. The fourth-order valence-electron chi connectivity index (χ4n) is 2.21. The van der Waals surface area contributed by atoms with E-state index < -0.39 is 0 Å². The highest BCUT2D eigenvalue weighted by atomic mass is 32.2. The topological polar surface area (TPSA) is 54.9 Å². The maximum atomic E-state index is 12.4. The molecule has 0 saturated carbocycles. The molecular weight excluding hydrogens is 294 g/mol. The van der Waals surface area contributed by atoms with Crippen LogP contribution in [-0.2, 0) is 13.0 Å². The second-order valence-electron chi connectivity index (χ2n) is 5.14. The zero-order chi connectivity index (χ0) is 15.9. The molecule has 0 aliphatic rings. The Balaban J connectivity index is 2.11. The van der Waals surface area contributed by atoms with Gasteiger partial charge in [-0.15, -0.1) is 0 Å². The Morgan fingerprint density at radius 1 is 1.36 bits per heavy atom. The van der Waals surface area contributed by atoms with E-state index in [0.29, 0.717) is 17.3 Å². The molecule has 0 atom stereocenters. The molecule has 0 radical (unpaired) electrons. The van der Waals surface area contributed by atoms with Crippen LogP contribution in [0.1, 0.15) is 40.5 Å². The summed E-state index contributed by atoms with van der Waals surface area (Å²) in [6.45, 7) is 4.63. The molecule has 1 amide bonds. The number of aryl methyl sites for hydroxylation is 2. The van der Waals surface area contributed by atoms with Gasteiger partial charge in [-0.25, -0.2) is 9.97 Å². The molecule has 0 saturated heterocycles. The summed E-state index contributed by atoms with van der Waals surface area (Å²) in [5.41, 5.74) is 3.68. The summed E-state index contributed by atoms with van der Waals surface area (Å²) >= 11 is 1.49. The van der Waals surface area contributed by atoms with Crippen molar-refractivity contribution in [2.75, 3.05) is 6.26 Å². The molecular formula is C17H21N3OS. The maximum Gasteiger partial charge on any atom is 0.254 e. The SMILES string of the molecule is CCCc1nc(SC)ncc1C(=O)NCc1cccc(C)c1. The van der Waals surface area contributed by atoms with Gasteiger partial charge in [0, 0.05) is 12.7 Å². The van der Waals surface area contributed by atoms with Crippen molar-refractivity contribution in [2.24, 2.45) is 0 Å². The molecule has 2 aromatic rings. The summed E-state index contributed by atoms with van der Waals surface area (Å²) in [5, 5.41) is 3.66. The summed E-state index contributed by atoms with van der Waals surface area (Å²) in [4.78, 5) is 21.1. The van der Waals surface area contributed by atoms with Crippen LogP contribution >= 0.6 is 11.8 Å². The lowest BCUT2D eigenvalue weighted by atomic mass is 10.1. The predicted octanol–water partition coefficient (Wildman–Crippen LogP) is 3.39. The number of carbonyl (C=O) groups excluding carboxylic acids is 1. The van der Waals surface area contributed by atoms with Crippen molar-refractivity contribution < 1.29 is 4.79 Å². The molecule has 0 bridgehead atoms. The first kappa shape index (κ1) is 16.5. The molecule has 0 aliphatic carbocycles. The highest BCUT2D eigenvalue weighted by molar-refractivity contribution is 7.98. The van der Waals surface area contributed by atoms with Crippen molar-refractivity contribution >= 4 is 17.7 Å². The number of carbonyl (C=O) groups is 1. The smallest absolute Gasteiger partial charge is 0.254 e. The van der Waals surface area contributed by atoms with E-state index in [2.05, 4.69) is 28.3 Å². The first-order chi connectivity index (χ1) is 10.6. The molecule has 1 aromatic carbocycles. The number of nitrogens with zero attached hydrogens (tertiary/aromatic N) is 2. The number of benzene rings is 1. The number of nitrogens with one attached hydrogen (secondary N) is 1. The maximum absolute atomic E-state index is 12.4. The Hall–Kier alpha value is -1.88. The predicted molar refractivity (Wildman–Crippen MR) is 90.2 cm³/mol. The summed E-state index contributed by atoms with van der Waals surface area (Å²) in [7, 11) is 0. The van der Waals surface area contributed by atoms with E-state index in [1.807, 2.05) is 31.4 Å². The van der Waals surface area contributed by atoms with Gasteiger partial charge in [-0.2, -0.15) is 0 Å². The van der Waals surface area contributed by atoms with Crippen LogP contribution in [0.2, 0.25) is 0 Å². The standard InChI is InChI=1S/C17H21N3OS/c1-4-6-15-14(11-19-17(20-15)22-3)16(21)18-10-13-8-5-7-12(2)9-13/h5,7-9,11H,4,6,10H2,1-3H3,(H,18,21). The molecule has 0 aliphatic heterocycles. The lowest BCUT2D eigenvalue weighted by molar-refractivity contribution is 0.0949. The summed E-state index contributed by atoms with van der Waals surface area (Å²) < 4.78 is 0. The van der Waals surface area contributed by atoms with Crippen LogP contribution in [0.4, 0.5) is 0 Å². The van der Waals surface area contributed by atoms with Gasteiger partial charge < -0.3 is 5.32 Å². The number of aromatic nitrogens is 2. The molecule has 116 valence electrons. The summed E-state index contributed by atoms with van der Waals surface area (Å²) in [6.07, 6.45) is 5.30. The Morgan fingerprint density at radius 3 is 2.86 bits per heavy atom. The van der Waals surface area contributed by atoms with Crippen LogP contribution in [0.3, 0.4) is 0 Å². The van der Waals surface area contributed by atoms with Gasteiger partial charge in [-0.05, 0) is 25.2 Å². The largest absolute Gasteiger partial charge is 0.348 e. The third-order valence-corrected chi connectivity index (χ3v) is 3.86. The van der Waals surface area contributed by atoms with Gasteiger partial charge >= 0.3 is 0 Å². The van der Waals surface area contributed by atoms with E-state index in [4.69, 9.17) is 0 Å². The first-order valence-electron chi connectivity index (χ1n) is 7.37. The van der Waals surface area contributed by atoms with E-state index in [9.17, 15) is 4.79 Å². The molecule has 0 spiro atoms. The van der Waals surface area contributed by atoms with Crippen molar-refractivity contribution in [3.05, 3.63) is 52.8 Å². The van der Waals surface area contributed by atoms with Crippen LogP contribution in [0.5, 0.6) is 0 Å². The third-order valence-electron chi connectivity index (χ3n) is 3.30. The average Bonchev–Trinajstić information content (AvgIpc) is 2.53. The van der Waals surface area contributed by atoms with Gasteiger partial charge in [0.1, 0.15) is 0 Å². The molecule has 4 nitrogen and oxygen atoms in total. The first-order valence-corrected chi connectivity index (χ1v) is 8.60. The Morgan fingerprint density at radius 2 is 2.18 bits per heavy atom. The number of rotatable bonds is 6. The van der Waals surface area contributed by atoms with E-state index in [1.165, 1.54) is 17.3 Å². The van der Waals surface area contributed by atoms with Crippen molar-refractivity contribution in [3.8, 4) is 0 Å². The average molecular weight is 315 g/mol. The van der Waals surface area contributed by atoms with Gasteiger partial charge in [0.25, 0.3) is 5.91 Å². The van der Waals surface area contributed by atoms with Gasteiger partial charge in [0.2, 0.25) is 0 Å². The molecule has 1 heterocycles. The molecule has 22 heavy (non-hydrogen) atoms. The fraction of sp³-hybridized carbons (Fsp3) is 0.353. The highest BCUT2D eigenvalue weighted by Crippen LogP contribution is 2.14. The van der Waals surface area contributed by atoms with E-state index >= 15 is 0 Å². The van der Waals surface area contributed by atoms with E-state index in [1.54, 1.807) is 6.20 Å². The van der Waals surface area contributed by atoms with Gasteiger partial charge in [0.05, 0.1) is 11.3 Å². The van der Waals surface area contributed by atoms with E-state index in [-0.39, 0.29) is 5.91 Å². The second kappa shape index (κ2) is 7.94. The van der Waals surface area contributed by atoms with Crippen LogP contribution in [0.25, 0.3) is 0 Å². The van der Waals surface area contributed by atoms with Gasteiger partial charge in [0.15, 0.2) is 5.16 Å². The Labute approximate surface area is 135 Å². The minimum atomic E-state index is -0.113. The van der Waals surface area contributed by atoms with Gasteiger partial charge in [-0.1, -0.05) is 54.9 Å². The van der Waals surface area contributed by atoms with Crippen LogP contribution < -0.4 is 5.32 Å². The Bertz CT molecular complexity index is 658. The number of thioether (sulfide) groups is 1. The molecule has 1 aromatic heterocycles. The number of amides is 1. The molecule has 1 N–H and O–H groups in total. The fourth-order valence-corrected chi connectivity index (χ4v) is 2.57. The summed E-state index contributed by atoms with van der Waals surface area (Å²) in [5.74, 6) is -0.113. The lowest BCUT2D eigenvalue weighted by Crippen LogP contribution is -2.25. The zero-order valence-electron chi connectivity index (χ0n) is 13.2. The molecule has 0 unspecified atom stereocenters. The van der Waals surface area contributed by atoms with E-state index in [0.717, 1.165) is 24.1 Å². The second-order valence-corrected chi connectivity index (χ2v) is 5.91. The molecule has 0 fully saturated rings. The zero-order valence-corrected chi connectivity index (χ0v) is 14.0. The van der Waals surface area contributed by atoms with Crippen molar-refractivity contribution in [1.29, 1.82) is 0 Å². The number of hydrogen-bond acceptors (Lipinski definition) is 4. The normalized spacial score (nSPS) is 10.5. The van der Waals surface area contributed by atoms with Crippen LogP contribution in [0, 0.1) is 6.92 Å².